The molecule has 6 nitrogen and oxygen atoms in total. The van der Waals surface area contributed by atoms with Gasteiger partial charge in [-0.15, -0.1) is 10.2 Å². The lowest BCUT2D eigenvalue weighted by Gasteiger charge is -2.35. The van der Waals surface area contributed by atoms with Crippen molar-refractivity contribution in [3.05, 3.63) is 54.6 Å². The van der Waals surface area contributed by atoms with Gasteiger partial charge in [-0.1, -0.05) is 30.3 Å². The van der Waals surface area contributed by atoms with Gasteiger partial charge in [-0.05, 0) is 5.56 Å². The van der Waals surface area contributed by atoms with Crippen molar-refractivity contribution in [1.82, 2.24) is 24.5 Å². The molecule has 3 aromatic rings. The Hall–Kier alpha value is -2.47. The Morgan fingerprint density at radius 2 is 1.82 bits per heavy atom. The van der Waals surface area contributed by atoms with Gasteiger partial charge in [0.2, 0.25) is 5.65 Å². The summed E-state index contributed by atoms with van der Waals surface area (Å²) in [5.74, 6) is 0.930. The van der Waals surface area contributed by atoms with Gasteiger partial charge in [0.15, 0.2) is 5.82 Å². The molecule has 112 valence electrons. The first-order valence-corrected chi connectivity index (χ1v) is 7.56. The molecular weight excluding hydrogens is 276 g/mol. The molecular formula is C16H18N6. The zero-order chi connectivity index (χ0) is 14.8. The molecule has 4 rings (SSSR count). The normalized spacial score (nSPS) is 16.3. The third kappa shape index (κ3) is 2.53. The number of benzene rings is 1. The van der Waals surface area contributed by atoms with Crippen LogP contribution in [0.4, 0.5) is 5.82 Å². The molecule has 0 aliphatic carbocycles. The first-order valence-electron chi connectivity index (χ1n) is 7.56. The molecule has 2 aromatic heterocycles. The van der Waals surface area contributed by atoms with Crippen LogP contribution in [0.15, 0.2) is 49.1 Å². The molecule has 0 amide bonds. The van der Waals surface area contributed by atoms with E-state index >= 15 is 0 Å². The molecule has 0 saturated carbocycles. The lowest BCUT2D eigenvalue weighted by atomic mass is 10.2. The smallest absolute Gasteiger partial charge is 0.203 e. The van der Waals surface area contributed by atoms with Crippen molar-refractivity contribution >= 4 is 11.5 Å². The van der Waals surface area contributed by atoms with E-state index in [0.717, 1.165) is 44.2 Å². The highest BCUT2D eigenvalue weighted by Crippen LogP contribution is 2.18. The monoisotopic (exact) mass is 294 g/mol. The first-order chi connectivity index (χ1) is 10.9. The molecule has 22 heavy (non-hydrogen) atoms. The summed E-state index contributed by atoms with van der Waals surface area (Å²) in [6.45, 7) is 5.01. The molecule has 3 heterocycles. The molecule has 0 atom stereocenters. The third-order valence-corrected chi connectivity index (χ3v) is 4.12. The maximum Gasteiger partial charge on any atom is 0.203 e. The second kappa shape index (κ2) is 5.73. The van der Waals surface area contributed by atoms with Crippen LogP contribution in [0.2, 0.25) is 0 Å². The van der Waals surface area contributed by atoms with E-state index in [1.807, 2.05) is 16.8 Å². The number of fused-ring (bicyclic) bond motifs is 1. The number of aromatic nitrogens is 4. The quantitative estimate of drug-likeness (QED) is 0.732. The maximum absolute atomic E-state index is 4.50. The Morgan fingerprint density at radius 1 is 1.00 bits per heavy atom. The molecule has 1 fully saturated rings. The van der Waals surface area contributed by atoms with Crippen LogP contribution in [0, 0.1) is 0 Å². The molecule has 6 heteroatoms. The average Bonchev–Trinajstić information content (AvgIpc) is 3.05. The Kier molecular flexibility index (Phi) is 3.44. The molecule has 0 unspecified atom stereocenters. The Balaban J connectivity index is 1.45. The Labute approximate surface area is 129 Å². The molecule has 1 aliphatic heterocycles. The number of hydrogen-bond acceptors (Lipinski definition) is 5. The number of piperazine rings is 1. The fourth-order valence-electron chi connectivity index (χ4n) is 2.93. The number of anilines is 1. The van der Waals surface area contributed by atoms with Crippen molar-refractivity contribution in [3.63, 3.8) is 0 Å². The summed E-state index contributed by atoms with van der Waals surface area (Å²) in [5, 5.41) is 8.14. The standard InChI is InChI=1S/C16H18N6/c1-2-4-14(5-3-1)12-20-8-10-21(11-9-20)15-16-19-18-13-22(16)7-6-17-15/h1-7,13H,8-12H2. The van der Waals surface area contributed by atoms with Crippen molar-refractivity contribution in [2.24, 2.45) is 0 Å². The van der Waals surface area contributed by atoms with Crippen LogP contribution in [0.25, 0.3) is 5.65 Å². The Morgan fingerprint density at radius 3 is 2.64 bits per heavy atom. The summed E-state index contributed by atoms with van der Waals surface area (Å²) in [6.07, 6.45) is 5.40. The zero-order valence-corrected chi connectivity index (χ0v) is 12.3. The lowest BCUT2D eigenvalue weighted by Crippen LogP contribution is -2.46. The molecule has 0 N–H and O–H groups in total. The largest absolute Gasteiger partial charge is 0.351 e. The van der Waals surface area contributed by atoms with E-state index in [4.69, 9.17) is 0 Å². The zero-order valence-electron chi connectivity index (χ0n) is 12.3. The van der Waals surface area contributed by atoms with Gasteiger partial charge < -0.3 is 4.90 Å². The van der Waals surface area contributed by atoms with E-state index in [9.17, 15) is 0 Å². The first kappa shape index (κ1) is 13.2. The second-order valence-corrected chi connectivity index (χ2v) is 5.56. The minimum absolute atomic E-state index is 0.832. The van der Waals surface area contributed by atoms with Crippen molar-refractivity contribution in [1.29, 1.82) is 0 Å². The van der Waals surface area contributed by atoms with Gasteiger partial charge in [-0.25, -0.2) is 4.98 Å². The third-order valence-electron chi connectivity index (χ3n) is 4.12. The fourth-order valence-corrected chi connectivity index (χ4v) is 2.93. The lowest BCUT2D eigenvalue weighted by molar-refractivity contribution is 0.249. The van der Waals surface area contributed by atoms with Crippen LogP contribution >= 0.6 is 0 Å². The van der Waals surface area contributed by atoms with Gasteiger partial charge in [-0.3, -0.25) is 9.30 Å². The van der Waals surface area contributed by atoms with E-state index in [0.29, 0.717) is 0 Å². The molecule has 1 aliphatic rings. The van der Waals surface area contributed by atoms with E-state index in [-0.39, 0.29) is 0 Å². The molecule has 1 aromatic carbocycles. The molecule has 0 spiro atoms. The summed E-state index contributed by atoms with van der Waals surface area (Å²) in [4.78, 5) is 9.27. The highest BCUT2D eigenvalue weighted by Gasteiger charge is 2.20. The number of rotatable bonds is 3. The van der Waals surface area contributed by atoms with Crippen LogP contribution < -0.4 is 4.90 Å². The highest BCUT2D eigenvalue weighted by atomic mass is 15.3. The summed E-state index contributed by atoms with van der Waals surface area (Å²) in [6, 6.07) is 10.6. The summed E-state index contributed by atoms with van der Waals surface area (Å²) < 4.78 is 1.92. The summed E-state index contributed by atoms with van der Waals surface area (Å²) in [7, 11) is 0. The van der Waals surface area contributed by atoms with Gasteiger partial charge in [-0.2, -0.15) is 0 Å². The van der Waals surface area contributed by atoms with Gasteiger partial charge in [0, 0.05) is 45.1 Å². The van der Waals surface area contributed by atoms with Gasteiger partial charge in [0.05, 0.1) is 0 Å². The minimum atomic E-state index is 0.832. The second-order valence-electron chi connectivity index (χ2n) is 5.56. The van der Waals surface area contributed by atoms with Crippen LogP contribution in [0.3, 0.4) is 0 Å². The van der Waals surface area contributed by atoms with Crippen molar-refractivity contribution in [2.75, 3.05) is 31.1 Å². The maximum atomic E-state index is 4.50. The topological polar surface area (TPSA) is 49.6 Å². The summed E-state index contributed by atoms with van der Waals surface area (Å²) in [5.41, 5.74) is 2.20. The van der Waals surface area contributed by atoms with Gasteiger partial charge in [0.25, 0.3) is 0 Å². The van der Waals surface area contributed by atoms with Crippen LogP contribution in [-0.2, 0) is 6.54 Å². The van der Waals surface area contributed by atoms with Crippen LogP contribution in [0.5, 0.6) is 0 Å². The average molecular weight is 294 g/mol. The minimum Gasteiger partial charge on any atom is -0.351 e. The van der Waals surface area contributed by atoms with Gasteiger partial charge >= 0.3 is 0 Å². The fraction of sp³-hybridized carbons (Fsp3) is 0.312. The number of nitrogens with zero attached hydrogens (tertiary/aromatic N) is 6. The predicted molar refractivity (Wildman–Crippen MR) is 84.7 cm³/mol. The van der Waals surface area contributed by atoms with E-state index in [1.54, 1.807) is 6.33 Å². The molecule has 1 saturated heterocycles. The van der Waals surface area contributed by atoms with Crippen molar-refractivity contribution in [3.8, 4) is 0 Å². The number of hydrogen-bond donors (Lipinski definition) is 0. The highest BCUT2D eigenvalue weighted by molar-refractivity contribution is 5.63. The van der Waals surface area contributed by atoms with E-state index < -0.39 is 0 Å². The van der Waals surface area contributed by atoms with E-state index in [1.165, 1.54) is 5.56 Å². The van der Waals surface area contributed by atoms with Crippen molar-refractivity contribution in [2.45, 2.75) is 6.54 Å². The predicted octanol–water partition coefficient (Wildman–Crippen LogP) is 1.45. The van der Waals surface area contributed by atoms with Gasteiger partial charge in [0.1, 0.15) is 6.33 Å². The molecule has 0 radical (unpaired) electrons. The SMILES string of the molecule is c1ccc(CN2CCN(c3nccn4cnnc34)CC2)cc1. The van der Waals surface area contributed by atoms with Crippen LogP contribution in [-0.4, -0.2) is 50.7 Å². The summed E-state index contributed by atoms with van der Waals surface area (Å²) >= 11 is 0. The Bertz CT molecular complexity index is 745. The van der Waals surface area contributed by atoms with E-state index in [2.05, 4.69) is 55.3 Å². The molecule has 0 bridgehead atoms. The van der Waals surface area contributed by atoms with Crippen molar-refractivity contribution < 1.29 is 0 Å². The van der Waals surface area contributed by atoms with Crippen LogP contribution in [0.1, 0.15) is 5.56 Å².